The van der Waals surface area contributed by atoms with E-state index in [0.717, 1.165) is 5.56 Å². The maximum Gasteiger partial charge on any atom is 0.335 e. The minimum atomic E-state index is -0.944. The lowest BCUT2D eigenvalue weighted by molar-refractivity contribution is -0.145. The molecule has 0 aliphatic carbocycles. The number of esters is 1. The zero-order valence-corrected chi connectivity index (χ0v) is 13.7. The van der Waals surface area contributed by atoms with E-state index in [-0.39, 0.29) is 23.9 Å². The Morgan fingerprint density at radius 2 is 2.05 bits per heavy atom. The number of carboxylic acids is 1. The SMILES string of the molecule is CCOC(=O)CC(C)(NCc1cccc(C(=O)O)c1)C(C)C. The second kappa shape index (κ2) is 7.94. The topological polar surface area (TPSA) is 75.6 Å². The molecule has 0 fully saturated rings. The summed E-state index contributed by atoms with van der Waals surface area (Å²) in [6, 6.07) is 6.79. The molecule has 22 heavy (non-hydrogen) atoms. The Labute approximate surface area is 131 Å². The third kappa shape index (κ3) is 5.15. The van der Waals surface area contributed by atoms with Crippen molar-refractivity contribution in [1.29, 1.82) is 0 Å². The highest BCUT2D eigenvalue weighted by Crippen LogP contribution is 2.22. The number of nitrogens with one attached hydrogen (secondary N) is 1. The molecular formula is C17H25NO4. The summed E-state index contributed by atoms with van der Waals surface area (Å²) < 4.78 is 5.03. The summed E-state index contributed by atoms with van der Waals surface area (Å²) in [6.45, 7) is 8.72. The van der Waals surface area contributed by atoms with Crippen molar-refractivity contribution in [1.82, 2.24) is 5.32 Å². The van der Waals surface area contributed by atoms with Crippen LogP contribution in [0.4, 0.5) is 0 Å². The van der Waals surface area contributed by atoms with Gasteiger partial charge in [-0.25, -0.2) is 4.79 Å². The summed E-state index contributed by atoms with van der Waals surface area (Å²) in [7, 11) is 0. The van der Waals surface area contributed by atoms with Gasteiger partial charge in [0.1, 0.15) is 0 Å². The largest absolute Gasteiger partial charge is 0.478 e. The van der Waals surface area contributed by atoms with Crippen molar-refractivity contribution in [3.05, 3.63) is 35.4 Å². The lowest BCUT2D eigenvalue weighted by Crippen LogP contribution is -2.48. The number of carbonyl (C=O) groups excluding carboxylic acids is 1. The minimum Gasteiger partial charge on any atom is -0.478 e. The fourth-order valence-electron chi connectivity index (χ4n) is 2.10. The predicted molar refractivity (Wildman–Crippen MR) is 84.7 cm³/mol. The molecule has 5 heteroatoms. The molecule has 122 valence electrons. The van der Waals surface area contributed by atoms with E-state index in [9.17, 15) is 9.59 Å². The first-order chi connectivity index (χ1) is 10.3. The van der Waals surface area contributed by atoms with Gasteiger partial charge < -0.3 is 15.2 Å². The van der Waals surface area contributed by atoms with Crippen molar-refractivity contribution in [3.8, 4) is 0 Å². The average molecular weight is 307 g/mol. The predicted octanol–water partition coefficient (Wildman–Crippen LogP) is 2.84. The second-order valence-electron chi connectivity index (χ2n) is 5.91. The van der Waals surface area contributed by atoms with E-state index in [1.807, 2.05) is 26.8 Å². The van der Waals surface area contributed by atoms with Gasteiger partial charge in [-0.05, 0) is 37.5 Å². The number of aromatic carboxylic acids is 1. The summed E-state index contributed by atoms with van der Waals surface area (Å²) in [5.41, 5.74) is 0.720. The molecule has 0 bridgehead atoms. The molecule has 1 aromatic carbocycles. The van der Waals surface area contributed by atoms with E-state index in [1.54, 1.807) is 25.1 Å². The summed E-state index contributed by atoms with van der Waals surface area (Å²) in [6.07, 6.45) is 0.275. The van der Waals surface area contributed by atoms with Crippen molar-refractivity contribution >= 4 is 11.9 Å². The molecule has 0 aliphatic rings. The van der Waals surface area contributed by atoms with Gasteiger partial charge in [0.15, 0.2) is 0 Å². The highest BCUT2D eigenvalue weighted by atomic mass is 16.5. The molecule has 0 amide bonds. The highest BCUT2D eigenvalue weighted by Gasteiger charge is 2.31. The van der Waals surface area contributed by atoms with Crippen molar-refractivity contribution in [3.63, 3.8) is 0 Å². The van der Waals surface area contributed by atoms with Gasteiger partial charge in [0.25, 0.3) is 0 Å². The number of benzene rings is 1. The van der Waals surface area contributed by atoms with Gasteiger partial charge >= 0.3 is 11.9 Å². The van der Waals surface area contributed by atoms with Gasteiger partial charge in [0.2, 0.25) is 0 Å². The van der Waals surface area contributed by atoms with Gasteiger partial charge in [-0.1, -0.05) is 26.0 Å². The quantitative estimate of drug-likeness (QED) is 0.722. The molecule has 0 saturated carbocycles. The zero-order valence-electron chi connectivity index (χ0n) is 13.7. The Morgan fingerprint density at radius 3 is 2.59 bits per heavy atom. The molecule has 5 nitrogen and oxygen atoms in total. The van der Waals surface area contributed by atoms with Gasteiger partial charge in [-0.15, -0.1) is 0 Å². The van der Waals surface area contributed by atoms with Crippen LogP contribution in [0.5, 0.6) is 0 Å². The summed E-state index contributed by atoms with van der Waals surface area (Å²) >= 11 is 0. The molecule has 1 aromatic rings. The Kier molecular flexibility index (Phi) is 6.56. The Bertz CT molecular complexity index is 527. The number of ether oxygens (including phenoxy) is 1. The summed E-state index contributed by atoms with van der Waals surface area (Å²) in [4.78, 5) is 22.8. The smallest absolute Gasteiger partial charge is 0.335 e. The molecule has 1 unspecified atom stereocenters. The van der Waals surface area contributed by atoms with E-state index in [4.69, 9.17) is 9.84 Å². The van der Waals surface area contributed by atoms with Crippen LogP contribution >= 0.6 is 0 Å². The van der Waals surface area contributed by atoms with Crippen LogP contribution in [-0.2, 0) is 16.1 Å². The van der Waals surface area contributed by atoms with Crippen molar-refractivity contribution in [2.75, 3.05) is 6.61 Å². The van der Waals surface area contributed by atoms with Gasteiger partial charge in [0.05, 0.1) is 18.6 Å². The van der Waals surface area contributed by atoms with Gasteiger partial charge in [0, 0.05) is 12.1 Å². The van der Waals surface area contributed by atoms with Crippen molar-refractivity contribution < 1.29 is 19.4 Å². The van der Waals surface area contributed by atoms with Crippen LogP contribution in [0.2, 0.25) is 0 Å². The van der Waals surface area contributed by atoms with E-state index in [2.05, 4.69) is 5.32 Å². The fourth-order valence-corrected chi connectivity index (χ4v) is 2.10. The molecule has 0 spiro atoms. The third-order valence-electron chi connectivity index (χ3n) is 3.96. The van der Waals surface area contributed by atoms with Crippen LogP contribution < -0.4 is 5.32 Å². The first-order valence-electron chi connectivity index (χ1n) is 7.51. The fraction of sp³-hybridized carbons (Fsp3) is 0.529. The van der Waals surface area contributed by atoms with Crippen LogP contribution in [0.25, 0.3) is 0 Å². The summed E-state index contributed by atoms with van der Waals surface area (Å²) in [5, 5.41) is 12.4. The third-order valence-corrected chi connectivity index (χ3v) is 3.96. The molecule has 0 saturated heterocycles. The van der Waals surface area contributed by atoms with Crippen LogP contribution in [0.15, 0.2) is 24.3 Å². The maximum atomic E-state index is 11.8. The van der Waals surface area contributed by atoms with Crippen molar-refractivity contribution in [2.45, 2.75) is 46.2 Å². The monoisotopic (exact) mass is 307 g/mol. The number of hydrogen-bond donors (Lipinski definition) is 2. The Morgan fingerprint density at radius 1 is 1.36 bits per heavy atom. The number of rotatable bonds is 8. The highest BCUT2D eigenvalue weighted by molar-refractivity contribution is 5.87. The van der Waals surface area contributed by atoms with Gasteiger partial charge in [-0.2, -0.15) is 0 Å². The van der Waals surface area contributed by atoms with E-state index >= 15 is 0 Å². The number of carbonyl (C=O) groups is 2. The zero-order chi connectivity index (χ0) is 16.8. The molecule has 0 radical (unpaired) electrons. The van der Waals surface area contributed by atoms with E-state index in [1.165, 1.54) is 0 Å². The lowest BCUT2D eigenvalue weighted by atomic mass is 9.85. The molecule has 2 N–H and O–H groups in total. The normalized spacial score (nSPS) is 13.7. The molecular weight excluding hydrogens is 282 g/mol. The molecule has 0 heterocycles. The second-order valence-corrected chi connectivity index (χ2v) is 5.91. The molecule has 0 aliphatic heterocycles. The molecule has 0 aromatic heterocycles. The standard InChI is InChI=1S/C17H25NO4/c1-5-22-15(19)10-17(4,12(2)3)18-11-13-7-6-8-14(9-13)16(20)21/h6-9,12,18H,5,10-11H2,1-4H3,(H,20,21). The Hall–Kier alpha value is -1.88. The van der Waals surface area contributed by atoms with E-state index < -0.39 is 11.5 Å². The average Bonchev–Trinajstić information content (AvgIpc) is 2.45. The Balaban J connectivity index is 2.77. The van der Waals surface area contributed by atoms with E-state index in [0.29, 0.717) is 13.2 Å². The number of hydrogen-bond acceptors (Lipinski definition) is 4. The van der Waals surface area contributed by atoms with Crippen LogP contribution in [-0.4, -0.2) is 29.2 Å². The minimum absolute atomic E-state index is 0.222. The first kappa shape index (κ1) is 18.2. The first-order valence-corrected chi connectivity index (χ1v) is 7.51. The summed E-state index contributed by atoms with van der Waals surface area (Å²) in [5.74, 6) is -0.954. The van der Waals surface area contributed by atoms with Crippen molar-refractivity contribution in [2.24, 2.45) is 5.92 Å². The maximum absolute atomic E-state index is 11.8. The van der Waals surface area contributed by atoms with Crippen LogP contribution in [0, 0.1) is 5.92 Å². The van der Waals surface area contributed by atoms with Crippen LogP contribution in [0.1, 0.15) is 50.0 Å². The lowest BCUT2D eigenvalue weighted by Gasteiger charge is -2.34. The van der Waals surface area contributed by atoms with Crippen LogP contribution in [0.3, 0.4) is 0 Å². The molecule has 1 rings (SSSR count). The molecule has 1 atom stereocenters. The van der Waals surface area contributed by atoms with Gasteiger partial charge in [-0.3, -0.25) is 4.79 Å². The number of carboxylic acid groups (broad SMARTS) is 1.